The summed E-state index contributed by atoms with van der Waals surface area (Å²) in [5.74, 6) is -0.390. The molecule has 0 saturated carbocycles. The Kier molecular flexibility index (Phi) is 5.03. The lowest BCUT2D eigenvalue weighted by Gasteiger charge is -2.10. The van der Waals surface area contributed by atoms with Crippen molar-refractivity contribution in [1.82, 2.24) is 0 Å². The monoisotopic (exact) mass is 392 g/mol. The van der Waals surface area contributed by atoms with Gasteiger partial charge in [0.05, 0.1) is 15.0 Å². The van der Waals surface area contributed by atoms with Gasteiger partial charge in [0.2, 0.25) is 0 Å². The van der Waals surface area contributed by atoms with Gasteiger partial charge in [-0.3, -0.25) is 10.1 Å². The van der Waals surface area contributed by atoms with Crippen molar-refractivity contribution in [2.24, 2.45) is 0 Å². The molecule has 0 heterocycles. The third-order valence-corrected chi connectivity index (χ3v) is 4.21. The molecule has 2 aromatic carbocycles. The molecule has 0 aliphatic heterocycles. The maximum atomic E-state index is 13.2. The maximum Gasteiger partial charge on any atom is 0.293 e. The van der Waals surface area contributed by atoms with Gasteiger partial charge >= 0.3 is 0 Å². The van der Waals surface area contributed by atoms with E-state index in [1.165, 1.54) is 24.3 Å². The normalized spacial score (nSPS) is 10.5. The molecule has 0 fully saturated rings. The summed E-state index contributed by atoms with van der Waals surface area (Å²) in [6.45, 7) is 0.192. The van der Waals surface area contributed by atoms with Gasteiger partial charge in [-0.15, -0.1) is 0 Å². The lowest BCUT2D eigenvalue weighted by Crippen LogP contribution is -2.04. The highest BCUT2D eigenvalue weighted by Gasteiger charge is 2.17. The van der Waals surface area contributed by atoms with Gasteiger partial charge in [-0.25, -0.2) is 4.39 Å². The Morgan fingerprint density at radius 3 is 2.57 bits per heavy atom. The fraction of sp³-hybridized carbons (Fsp3) is 0.0769. The van der Waals surface area contributed by atoms with Gasteiger partial charge < -0.3 is 5.32 Å². The summed E-state index contributed by atoms with van der Waals surface area (Å²) in [4.78, 5) is 10.4. The Labute approximate surface area is 138 Å². The molecule has 0 saturated heterocycles. The number of hydrogen-bond acceptors (Lipinski definition) is 3. The standard InChI is InChI=1S/C13H8BrCl2FN2O2/c14-9-2-1-8(17)3-7(9)6-18-12-4-10(15)11(16)5-13(12)19(20)21/h1-5,18H,6H2. The summed E-state index contributed by atoms with van der Waals surface area (Å²) in [5.41, 5.74) is 0.637. The van der Waals surface area contributed by atoms with Crippen molar-refractivity contribution >= 4 is 50.5 Å². The summed E-state index contributed by atoms with van der Waals surface area (Å²) < 4.78 is 13.9. The highest BCUT2D eigenvalue weighted by Crippen LogP contribution is 2.34. The minimum atomic E-state index is -0.564. The van der Waals surface area contributed by atoms with Crippen molar-refractivity contribution in [2.75, 3.05) is 5.32 Å². The fourth-order valence-corrected chi connectivity index (χ4v) is 2.41. The van der Waals surface area contributed by atoms with Gasteiger partial charge in [-0.2, -0.15) is 0 Å². The van der Waals surface area contributed by atoms with Crippen LogP contribution in [0, 0.1) is 15.9 Å². The first-order chi connectivity index (χ1) is 9.88. The minimum absolute atomic E-state index is 0.0980. The average molecular weight is 394 g/mol. The van der Waals surface area contributed by atoms with E-state index in [0.29, 0.717) is 10.0 Å². The van der Waals surface area contributed by atoms with E-state index in [0.717, 1.165) is 0 Å². The summed E-state index contributed by atoms with van der Waals surface area (Å²) in [6, 6.07) is 6.76. The summed E-state index contributed by atoms with van der Waals surface area (Å²) in [6.07, 6.45) is 0. The van der Waals surface area contributed by atoms with Gasteiger partial charge in [0.1, 0.15) is 11.5 Å². The molecule has 0 spiro atoms. The molecule has 0 atom stereocenters. The third-order valence-electron chi connectivity index (χ3n) is 2.71. The molecule has 8 heteroatoms. The van der Waals surface area contributed by atoms with Gasteiger partial charge in [0.25, 0.3) is 5.69 Å². The van der Waals surface area contributed by atoms with E-state index in [1.807, 2.05) is 0 Å². The van der Waals surface area contributed by atoms with Crippen LogP contribution in [0.3, 0.4) is 0 Å². The van der Waals surface area contributed by atoms with Crippen LogP contribution in [-0.4, -0.2) is 4.92 Å². The van der Waals surface area contributed by atoms with Crippen LogP contribution in [0.1, 0.15) is 5.56 Å². The van der Waals surface area contributed by atoms with Gasteiger partial charge in [-0.05, 0) is 29.8 Å². The number of nitrogens with zero attached hydrogens (tertiary/aromatic N) is 1. The lowest BCUT2D eigenvalue weighted by molar-refractivity contribution is -0.383. The van der Waals surface area contributed by atoms with E-state index in [2.05, 4.69) is 21.2 Å². The van der Waals surface area contributed by atoms with Crippen LogP contribution in [0.25, 0.3) is 0 Å². The topological polar surface area (TPSA) is 55.2 Å². The van der Waals surface area contributed by atoms with Gasteiger partial charge in [-0.1, -0.05) is 39.1 Å². The van der Waals surface area contributed by atoms with Crippen molar-refractivity contribution in [3.8, 4) is 0 Å². The second-order valence-corrected chi connectivity index (χ2v) is 5.80. The van der Waals surface area contributed by atoms with E-state index in [9.17, 15) is 14.5 Å². The van der Waals surface area contributed by atoms with Crippen LogP contribution in [0.5, 0.6) is 0 Å². The Morgan fingerprint density at radius 2 is 1.90 bits per heavy atom. The predicted octanol–water partition coefficient (Wildman–Crippen LogP) is 5.42. The molecule has 0 radical (unpaired) electrons. The van der Waals surface area contributed by atoms with Crippen molar-refractivity contribution in [2.45, 2.75) is 6.54 Å². The van der Waals surface area contributed by atoms with E-state index in [4.69, 9.17) is 23.2 Å². The summed E-state index contributed by atoms with van der Waals surface area (Å²) in [7, 11) is 0. The predicted molar refractivity (Wildman–Crippen MR) is 84.5 cm³/mol. The van der Waals surface area contributed by atoms with Crippen LogP contribution < -0.4 is 5.32 Å². The summed E-state index contributed by atoms with van der Waals surface area (Å²) >= 11 is 14.9. The Morgan fingerprint density at radius 1 is 1.24 bits per heavy atom. The number of nitrogens with one attached hydrogen (secondary N) is 1. The van der Waals surface area contributed by atoms with Crippen LogP contribution in [0.4, 0.5) is 15.8 Å². The number of hydrogen-bond donors (Lipinski definition) is 1. The number of rotatable bonds is 4. The average Bonchev–Trinajstić information content (AvgIpc) is 2.42. The number of benzene rings is 2. The lowest BCUT2D eigenvalue weighted by atomic mass is 10.2. The molecule has 110 valence electrons. The molecule has 0 aromatic heterocycles. The molecule has 0 bridgehead atoms. The Bertz CT molecular complexity index is 713. The first kappa shape index (κ1) is 16.0. The van der Waals surface area contributed by atoms with Crippen molar-refractivity contribution in [1.29, 1.82) is 0 Å². The molecule has 0 amide bonds. The molecule has 4 nitrogen and oxygen atoms in total. The molecular weight excluding hydrogens is 386 g/mol. The van der Waals surface area contributed by atoms with Gasteiger partial charge in [0, 0.05) is 17.1 Å². The molecule has 21 heavy (non-hydrogen) atoms. The molecule has 0 unspecified atom stereocenters. The van der Waals surface area contributed by atoms with Crippen LogP contribution in [0.2, 0.25) is 10.0 Å². The van der Waals surface area contributed by atoms with E-state index in [-0.39, 0.29) is 28.0 Å². The second-order valence-electron chi connectivity index (χ2n) is 4.13. The molecule has 2 rings (SSSR count). The highest BCUT2D eigenvalue weighted by atomic mass is 79.9. The smallest absolute Gasteiger partial charge is 0.293 e. The zero-order valence-corrected chi connectivity index (χ0v) is 13.5. The number of nitro benzene ring substituents is 1. The molecular formula is C13H8BrCl2FN2O2. The first-order valence-electron chi connectivity index (χ1n) is 5.69. The first-order valence-corrected chi connectivity index (χ1v) is 7.24. The third kappa shape index (κ3) is 3.84. The molecule has 2 aromatic rings. The summed E-state index contributed by atoms with van der Waals surface area (Å²) in [5, 5.41) is 14.2. The number of nitro groups is 1. The maximum absolute atomic E-state index is 13.2. The number of halogens is 4. The van der Waals surface area contributed by atoms with Gasteiger partial charge in [0.15, 0.2) is 0 Å². The van der Waals surface area contributed by atoms with Crippen molar-refractivity contribution < 1.29 is 9.31 Å². The fourth-order valence-electron chi connectivity index (χ4n) is 1.70. The van der Waals surface area contributed by atoms with Crippen LogP contribution in [-0.2, 0) is 6.54 Å². The van der Waals surface area contributed by atoms with E-state index >= 15 is 0 Å². The molecule has 0 aliphatic rings. The largest absolute Gasteiger partial charge is 0.375 e. The second kappa shape index (κ2) is 6.60. The van der Waals surface area contributed by atoms with Crippen LogP contribution >= 0.6 is 39.1 Å². The van der Waals surface area contributed by atoms with Crippen LogP contribution in [0.15, 0.2) is 34.8 Å². The number of anilines is 1. The quantitative estimate of drug-likeness (QED) is 0.557. The van der Waals surface area contributed by atoms with E-state index < -0.39 is 10.7 Å². The van der Waals surface area contributed by atoms with E-state index in [1.54, 1.807) is 6.07 Å². The highest BCUT2D eigenvalue weighted by molar-refractivity contribution is 9.10. The molecule has 0 aliphatic carbocycles. The SMILES string of the molecule is O=[N+]([O-])c1cc(Cl)c(Cl)cc1NCc1cc(F)ccc1Br. The minimum Gasteiger partial charge on any atom is -0.375 e. The zero-order valence-electron chi connectivity index (χ0n) is 10.4. The van der Waals surface area contributed by atoms with Crippen molar-refractivity contribution in [3.63, 3.8) is 0 Å². The Balaban J connectivity index is 2.29. The molecule has 1 N–H and O–H groups in total. The zero-order chi connectivity index (χ0) is 15.6. The van der Waals surface area contributed by atoms with Crippen molar-refractivity contribution in [3.05, 3.63) is 66.3 Å². The Hall–Kier alpha value is -1.37.